The van der Waals surface area contributed by atoms with Crippen molar-refractivity contribution >= 4 is 34.8 Å². The molecule has 0 saturated carbocycles. The SMILES string of the molecule is Cc1cc(-c2cnn3c2C(=O)N(c2cc(Cl)cc(Cl)c2)C[C@@H]3C)ccn1. The van der Waals surface area contributed by atoms with E-state index in [2.05, 4.69) is 10.1 Å². The van der Waals surface area contributed by atoms with Gasteiger partial charge in [-0.2, -0.15) is 5.10 Å². The van der Waals surface area contributed by atoms with Gasteiger partial charge in [0.05, 0.1) is 12.2 Å². The number of nitrogens with zero attached hydrogens (tertiary/aromatic N) is 4. The quantitative estimate of drug-likeness (QED) is 0.636. The molecule has 5 nitrogen and oxygen atoms in total. The van der Waals surface area contributed by atoms with Crippen LogP contribution in [0.15, 0.2) is 42.7 Å². The van der Waals surface area contributed by atoms with E-state index in [9.17, 15) is 4.79 Å². The second kappa shape index (κ2) is 6.41. The molecule has 7 heteroatoms. The lowest BCUT2D eigenvalue weighted by Crippen LogP contribution is -2.42. The summed E-state index contributed by atoms with van der Waals surface area (Å²) in [6.07, 6.45) is 3.48. The van der Waals surface area contributed by atoms with E-state index >= 15 is 0 Å². The molecule has 26 heavy (non-hydrogen) atoms. The molecule has 0 N–H and O–H groups in total. The van der Waals surface area contributed by atoms with E-state index in [1.807, 2.05) is 26.0 Å². The number of anilines is 1. The molecule has 0 fully saturated rings. The van der Waals surface area contributed by atoms with Crippen LogP contribution in [0.2, 0.25) is 10.0 Å². The van der Waals surface area contributed by atoms with Crippen LogP contribution in [0.4, 0.5) is 5.69 Å². The van der Waals surface area contributed by atoms with Gasteiger partial charge < -0.3 is 4.90 Å². The smallest absolute Gasteiger partial charge is 0.277 e. The van der Waals surface area contributed by atoms with E-state index in [-0.39, 0.29) is 11.9 Å². The molecule has 3 aromatic rings. The van der Waals surface area contributed by atoms with Crippen LogP contribution >= 0.6 is 23.2 Å². The van der Waals surface area contributed by atoms with Crippen LogP contribution in [0.3, 0.4) is 0 Å². The van der Waals surface area contributed by atoms with Crippen molar-refractivity contribution in [3.05, 3.63) is 64.2 Å². The maximum absolute atomic E-state index is 13.3. The van der Waals surface area contributed by atoms with E-state index in [0.29, 0.717) is 28.0 Å². The predicted octanol–water partition coefficient (Wildman–Crippen LogP) is 4.78. The first-order chi connectivity index (χ1) is 12.4. The molecule has 0 saturated heterocycles. The van der Waals surface area contributed by atoms with Gasteiger partial charge in [0, 0.05) is 39.7 Å². The Morgan fingerprint density at radius 1 is 1.15 bits per heavy atom. The number of amides is 1. The zero-order valence-electron chi connectivity index (χ0n) is 14.3. The van der Waals surface area contributed by atoms with Gasteiger partial charge in [0.15, 0.2) is 0 Å². The fourth-order valence-corrected chi connectivity index (χ4v) is 3.82. The molecular formula is C19H16Cl2N4O. The molecule has 0 aliphatic carbocycles. The van der Waals surface area contributed by atoms with Gasteiger partial charge in [-0.05, 0) is 49.7 Å². The highest BCUT2D eigenvalue weighted by Crippen LogP contribution is 2.34. The van der Waals surface area contributed by atoms with Crippen LogP contribution in [0.5, 0.6) is 0 Å². The molecule has 0 spiro atoms. The maximum atomic E-state index is 13.3. The Balaban J connectivity index is 1.83. The van der Waals surface area contributed by atoms with Gasteiger partial charge in [0.1, 0.15) is 5.69 Å². The third kappa shape index (κ3) is 2.87. The molecule has 0 bridgehead atoms. The van der Waals surface area contributed by atoms with Crippen molar-refractivity contribution < 1.29 is 4.79 Å². The van der Waals surface area contributed by atoms with Crippen LogP contribution in [-0.4, -0.2) is 27.2 Å². The number of halogens is 2. The highest BCUT2D eigenvalue weighted by atomic mass is 35.5. The van der Waals surface area contributed by atoms with Crippen LogP contribution in [-0.2, 0) is 0 Å². The van der Waals surface area contributed by atoms with E-state index in [4.69, 9.17) is 23.2 Å². The van der Waals surface area contributed by atoms with Crippen LogP contribution in [0, 0.1) is 6.92 Å². The van der Waals surface area contributed by atoms with Gasteiger partial charge in [0.25, 0.3) is 5.91 Å². The highest BCUT2D eigenvalue weighted by Gasteiger charge is 2.33. The van der Waals surface area contributed by atoms with Gasteiger partial charge >= 0.3 is 0 Å². The molecule has 4 rings (SSSR count). The Labute approximate surface area is 161 Å². The van der Waals surface area contributed by atoms with Crippen LogP contribution in [0.25, 0.3) is 11.1 Å². The summed E-state index contributed by atoms with van der Waals surface area (Å²) in [5.41, 5.74) is 3.85. The fraction of sp³-hybridized carbons (Fsp3) is 0.211. The van der Waals surface area contributed by atoms with E-state index < -0.39 is 0 Å². The zero-order valence-corrected chi connectivity index (χ0v) is 15.8. The molecule has 3 heterocycles. The maximum Gasteiger partial charge on any atom is 0.277 e. The number of pyridine rings is 1. The molecule has 1 aromatic carbocycles. The lowest BCUT2D eigenvalue weighted by atomic mass is 10.0. The Morgan fingerprint density at radius 3 is 2.58 bits per heavy atom. The number of aromatic nitrogens is 3. The summed E-state index contributed by atoms with van der Waals surface area (Å²) in [6.45, 7) is 4.45. The van der Waals surface area contributed by atoms with Gasteiger partial charge in [-0.15, -0.1) is 0 Å². The van der Waals surface area contributed by atoms with Crippen molar-refractivity contribution in [1.82, 2.24) is 14.8 Å². The third-order valence-electron chi connectivity index (χ3n) is 4.47. The number of fused-ring (bicyclic) bond motifs is 1. The summed E-state index contributed by atoms with van der Waals surface area (Å²) < 4.78 is 1.79. The second-order valence-corrected chi connectivity index (χ2v) is 7.30. The number of carbonyl (C=O) groups is 1. The van der Waals surface area contributed by atoms with Gasteiger partial charge in [-0.3, -0.25) is 14.5 Å². The molecular weight excluding hydrogens is 371 g/mol. The standard InChI is InChI=1S/C19H16Cl2N4O/c1-11-5-13(3-4-22-11)17-9-23-25-12(2)10-24(19(26)18(17)25)16-7-14(20)6-15(21)8-16/h3-9,12H,10H2,1-2H3/t12-/m0/s1. The summed E-state index contributed by atoms with van der Waals surface area (Å²) in [7, 11) is 0. The number of aryl methyl sites for hydroxylation is 1. The average Bonchev–Trinajstić information content (AvgIpc) is 3.03. The first-order valence-corrected chi connectivity index (χ1v) is 8.98. The Bertz CT molecular complexity index is 994. The summed E-state index contributed by atoms with van der Waals surface area (Å²) in [6, 6.07) is 9.01. The first kappa shape index (κ1) is 17.1. The number of hydrogen-bond donors (Lipinski definition) is 0. The molecule has 2 aromatic heterocycles. The number of hydrogen-bond acceptors (Lipinski definition) is 3. The van der Waals surface area contributed by atoms with Crippen molar-refractivity contribution in [2.24, 2.45) is 0 Å². The van der Waals surface area contributed by atoms with Crippen molar-refractivity contribution in [3.8, 4) is 11.1 Å². The minimum atomic E-state index is -0.122. The van der Waals surface area contributed by atoms with Crippen molar-refractivity contribution in [1.29, 1.82) is 0 Å². The average molecular weight is 387 g/mol. The normalized spacial score (nSPS) is 16.7. The molecule has 1 amide bonds. The minimum absolute atomic E-state index is 0.0251. The van der Waals surface area contributed by atoms with Crippen molar-refractivity contribution in [2.45, 2.75) is 19.9 Å². The summed E-state index contributed by atoms with van der Waals surface area (Å²) in [4.78, 5) is 19.2. The van der Waals surface area contributed by atoms with Gasteiger partial charge in [-0.1, -0.05) is 23.2 Å². The van der Waals surface area contributed by atoms with Crippen molar-refractivity contribution in [3.63, 3.8) is 0 Å². The molecule has 1 atom stereocenters. The van der Waals surface area contributed by atoms with E-state index in [1.54, 1.807) is 40.2 Å². The zero-order chi connectivity index (χ0) is 18.4. The van der Waals surface area contributed by atoms with Gasteiger partial charge in [0.2, 0.25) is 0 Å². The predicted molar refractivity (Wildman–Crippen MR) is 103 cm³/mol. The van der Waals surface area contributed by atoms with E-state index in [0.717, 1.165) is 16.8 Å². The molecule has 0 radical (unpaired) electrons. The van der Waals surface area contributed by atoms with E-state index in [1.165, 1.54) is 0 Å². The topological polar surface area (TPSA) is 51.0 Å². The monoisotopic (exact) mass is 386 g/mol. The summed E-state index contributed by atoms with van der Waals surface area (Å²) in [5, 5.41) is 5.45. The summed E-state index contributed by atoms with van der Waals surface area (Å²) in [5.74, 6) is -0.122. The lowest BCUT2D eigenvalue weighted by Gasteiger charge is -2.32. The van der Waals surface area contributed by atoms with Gasteiger partial charge in [-0.25, -0.2) is 0 Å². The summed E-state index contributed by atoms with van der Waals surface area (Å²) >= 11 is 12.3. The molecule has 132 valence electrons. The molecule has 1 aliphatic heterocycles. The molecule has 0 unspecified atom stereocenters. The van der Waals surface area contributed by atoms with Crippen LogP contribution < -0.4 is 4.90 Å². The Hall–Kier alpha value is -2.37. The number of carbonyl (C=O) groups excluding carboxylic acids is 1. The third-order valence-corrected chi connectivity index (χ3v) is 4.91. The lowest BCUT2D eigenvalue weighted by molar-refractivity contribution is 0.0954. The number of rotatable bonds is 2. The Kier molecular flexibility index (Phi) is 4.21. The Morgan fingerprint density at radius 2 is 1.88 bits per heavy atom. The van der Waals surface area contributed by atoms with Crippen molar-refractivity contribution in [2.75, 3.05) is 11.4 Å². The molecule has 1 aliphatic rings. The highest BCUT2D eigenvalue weighted by molar-refractivity contribution is 6.35. The van der Waals surface area contributed by atoms with Crippen LogP contribution in [0.1, 0.15) is 29.1 Å². The first-order valence-electron chi connectivity index (χ1n) is 8.22. The second-order valence-electron chi connectivity index (χ2n) is 6.43. The largest absolute Gasteiger partial charge is 0.305 e. The number of benzene rings is 1. The fourth-order valence-electron chi connectivity index (χ4n) is 3.30. The minimum Gasteiger partial charge on any atom is -0.305 e.